The van der Waals surface area contributed by atoms with E-state index in [-0.39, 0.29) is 22.2 Å². The van der Waals surface area contributed by atoms with Gasteiger partial charge in [-0.05, 0) is 30.8 Å². The van der Waals surface area contributed by atoms with Gasteiger partial charge < -0.3 is 0 Å². The molecule has 5 nitrogen and oxygen atoms in total. The first kappa shape index (κ1) is 20.5. The molecule has 4 rings (SSSR count). The number of carbonyl (C=O) groups is 3. The van der Waals surface area contributed by atoms with Crippen LogP contribution >= 0.6 is 11.8 Å². The Balaban J connectivity index is 1.83. The predicted molar refractivity (Wildman–Crippen MR) is 123 cm³/mol. The molecule has 1 heterocycles. The summed E-state index contributed by atoms with van der Waals surface area (Å²) in [4.78, 5) is 38.9. The average molecular weight is 426 g/mol. The fourth-order valence-electron chi connectivity index (χ4n) is 3.14. The highest BCUT2D eigenvalue weighted by atomic mass is 32.2. The minimum absolute atomic E-state index is 0.000310. The fraction of sp³-hybridized carbons (Fsp3) is 0.0400. The highest BCUT2D eigenvalue weighted by Crippen LogP contribution is 2.38. The van der Waals surface area contributed by atoms with E-state index in [4.69, 9.17) is 0 Å². The number of hydrogen-bond donors (Lipinski definition) is 0. The van der Waals surface area contributed by atoms with Crippen molar-refractivity contribution in [2.24, 2.45) is 5.10 Å². The van der Waals surface area contributed by atoms with Crippen molar-refractivity contribution in [1.29, 1.82) is 0 Å². The second-order valence-corrected chi connectivity index (χ2v) is 7.76. The van der Waals surface area contributed by atoms with Gasteiger partial charge in [-0.1, -0.05) is 78.9 Å². The minimum Gasteiger partial charge on any atom is -0.294 e. The summed E-state index contributed by atoms with van der Waals surface area (Å²) >= 11 is 1.04. The standard InChI is InChI=1S/C25H18N2O3S/c1-17(28)21(22(29)18-11-5-2-6-12-18)25-27(20-15-9-4-10-16-20)26-24(31-25)23(30)19-13-7-3-8-14-19/h2-16H,1H3/b25-21+. The number of rotatable bonds is 6. The number of benzene rings is 3. The maximum atomic E-state index is 13.2. The van der Waals surface area contributed by atoms with Crippen LogP contribution in [0.15, 0.2) is 107 Å². The number of hydrogen-bond acceptors (Lipinski definition) is 6. The molecule has 31 heavy (non-hydrogen) atoms. The van der Waals surface area contributed by atoms with Gasteiger partial charge in [0.25, 0.3) is 0 Å². The number of allylic oxidation sites excluding steroid dienone is 1. The zero-order valence-corrected chi connectivity index (χ0v) is 17.5. The van der Waals surface area contributed by atoms with Crippen LogP contribution in [-0.4, -0.2) is 22.4 Å². The first-order valence-electron chi connectivity index (χ1n) is 9.62. The fourth-order valence-corrected chi connectivity index (χ4v) is 4.23. The SMILES string of the molecule is CC(=O)/C(C(=O)c1ccccc1)=C1\SC(C(=O)c2ccccc2)=NN1c1ccccc1. The van der Waals surface area contributed by atoms with Crippen LogP contribution in [0.3, 0.4) is 0 Å². The van der Waals surface area contributed by atoms with E-state index in [1.165, 1.54) is 11.9 Å². The number of thioether (sulfide) groups is 1. The number of hydrazone groups is 1. The summed E-state index contributed by atoms with van der Waals surface area (Å²) in [6.07, 6.45) is 0. The summed E-state index contributed by atoms with van der Waals surface area (Å²) in [5, 5.41) is 6.52. The smallest absolute Gasteiger partial charge is 0.220 e. The molecule has 3 aromatic carbocycles. The molecule has 0 radical (unpaired) electrons. The highest BCUT2D eigenvalue weighted by Gasteiger charge is 2.34. The summed E-state index contributed by atoms with van der Waals surface area (Å²) in [6.45, 7) is 1.35. The molecule has 0 aliphatic carbocycles. The topological polar surface area (TPSA) is 66.8 Å². The molecule has 152 valence electrons. The maximum Gasteiger partial charge on any atom is 0.220 e. The molecule has 0 spiro atoms. The van der Waals surface area contributed by atoms with Crippen LogP contribution in [0.1, 0.15) is 27.6 Å². The Hall–Kier alpha value is -3.77. The Morgan fingerprint density at radius 1 is 0.742 bits per heavy atom. The van der Waals surface area contributed by atoms with Crippen LogP contribution in [0, 0.1) is 0 Å². The molecule has 0 aromatic heterocycles. The largest absolute Gasteiger partial charge is 0.294 e. The van der Waals surface area contributed by atoms with Gasteiger partial charge in [-0.3, -0.25) is 14.4 Å². The minimum atomic E-state index is -0.403. The zero-order chi connectivity index (χ0) is 21.8. The van der Waals surface area contributed by atoms with Crippen LogP contribution in [0.5, 0.6) is 0 Å². The van der Waals surface area contributed by atoms with Crippen LogP contribution < -0.4 is 5.01 Å². The Kier molecular flexibility index (Phi) is 5.91. The molecule has 1 aliphatic rings. The van der Waals surface area contributed by atoms with Crippen molar-refractivity contribution in [2.75, 3.05) is 5.01 Å². The summed E-state index contributed by atoms with van der Waals surface area (Å²) in [7, 11) is 0. The van der Waals surface area contributed by atoms with Gasteiger partial charge in [-0.25, -0.2) is 5.01 Å². The lowest BCUT2D eigenvalue weighted by Gasteiger charge is -2.18. The van der Waals surface area contributed by atoms with Crippen molar-refractivity contribution < 1.29 is 14.4 Å². The van der Waals surface area contributed by atoms with Crippen molar-refractivity contribution in [3.63, 3.8) is 0 Å². The maximum absolute atomic E-state index is 13.2. The number of carbonyl (C=O) groups excluding carboxylic acids is 3. The summed E-state index contributed by atoms with van der Waals surface area (Å²) in [6, 6.07) is 26.6. The van der Waals surface area contributed by atoms with Crippen molar-refractivity contribution >= 4 is 39.8 Å². The molecular weight excluding hydrogens is 408 g/mol. The molecule has 0 saturated heterocycles. The molecule has 0 N–H and O–H groups in total. The lowest BCUT2D eigenvalue weighted by atomic mass is 10.0. The molecule has 0 unspecified atom stereocenters. The van der Waals surface area contributed by atoms with Crippen LogP contribution in [0.25, 0.3) is 0 Å². The van der Waals surface area contributed by atoms with Gasteiger partial charge >= 0.3 is 0 Å². The first-order valence-corrected chi connectivity index (χ1v) is 10.4. The third kappa shape index (κ3) is 4.25. The Bertz CT molecular complexity index is 1200. The summed E-state index contributed by atoms with van der Waals surface area (Å²) in [5.74, 6) is -1.06. The van der Waals surface area contributed by atoms with E-state index in [2.05, 4.69) is 5.10 Å². The number of Topliss-reactive ketones (excluding diaryl/α,β-unsaturated/α-hetero) is 3. The molecule has 0 saturated carbocycles. The molecule has 0 atom stereocenters. The van der Waals surface area contributed by atoms with Gasteiger partial charge in [0.15, 0.2) is 16.6 Å². The van der Waals surface area contributed by atoms with E-state index in [0.717, 1.165) is 11.8 Å². The Morgan fingerprint density at radius 2 is 1.26 bits per heavy atom. The third-order valence-corrected chi connectivity index (χ3v) is 5.67. The van der Waals surface area contributed by atoms with Gasteiger partial charge in [-0.2, -0.15) is 5.10 Å². The summed E-state index contributed by atoms with van der Waals surface area (Å²) < 4.78 is 0. The lowest BCUT2D eigenvalue weighted by molar-refractivity contribution is -0.113. The Morgan fingerprint density at radius 3 is 1.81 bits per heavy atom. The second kappa shape index (κ2) is 8.93. The molecule has 6 heteroatoms. The van der Waals surface area contributed by atoms with Crippen molar-refractivity contribution in [3.8, 4) is 0 Å². The number of para-hydroxylation sites is 1. The third-order valence-electron chi connectivity index (χ3n) is 4.64. The molecule has 0 amide bonds. The van der Waals surface area contributed by atoms with Gasteiger partial charge in [0, 0.05) is 11.1 Å². The molecule has 0 fully saturated rings. The van der Waals surface area contributed by atoms with Crippen LogP contribution in [0.2, 0.25) is 0 Å². The van der Waals surface area contributed by atoms with Gasteiger partial charge in [0.1, 0.15) is 5.03 Å². The van der Waals surface area contributed by atoms with Crippen LogP contribution in [0.4, 0.5) is 5.69 Å². The van der Waals surface area contributed by atoms with Crippen molar-refractivity contribution in [1.82, 2.24) is 0 Å². The normalized spacial score (nSPS) is 14.7. The molecule has 0 bridgehead atoms. The Labute approximate surface area is 184 Å². The van der Waals surface area contributed by atoms with E-state index >= 15 is 0 Å². The number of ketones is 3. The van der Waals surface area contributed by atoms with E-state index in [9.17, 15) is 14.4 Å². The van der Waals surface area contributed by atoms with Crippen molar-refractivity contribution in [3.05, 3.63) is 113 Å². The quantitative estimate of drug-likeness (QED) is 0.237. The van der Waals surface area contributed by atoms with E-state index in [0.29, 0.717) is 21.8 Å². The molecular formula is C25H18N2O3S. The van der Waals surface area contributed by atoms with Gasteiger partial charge in [-0.15, -0.1) is 0 Å². The monoisotopic (exact) mass is 426 g/mol. The number of anilines is 1. The number of nitrogens with zero attached hydrogens (tertiary/aromatic N) is 2. The summed E-state index contributed by atoms with van der Waals surface area (Å²) in [5.41, 5.74) is 1.54. The molecule has 3 aromatic rings. The van der Waals surface area contributed by atoms with Gasteiger partial charge in [0.2, 0.25) is 5.78 Å². The zero-order valence-electron chi connectivity index (χ0n) is 16.7. The molecule has 1 aliphatic heterocycles. The van der Waals surface area contributed by atoms with E-state index in [1.807, 2.05) is 36.4 Å². The lowest BCUT2D eigenvalue weighted by Crippen LogP contribution is -2.19. The average Bonchev–Trinajstić information content (AvgIpc) is 3.25. The van der Waals surface area contributed by atoms with E-state index < -0.39 is 5.78 Å². The van der Waals surface area contributed by atoms with E-state index in [1.54, 1.807) is 54.6 Å². The predicted octanol–water partition coefficient (Wildman–Crippen LogP) is 5.12. The van der Waals surface area contributed by atoms with Crippen molar-refractivity contribution in [2.45, 2.75) is 6.92 Å². The van der Waals surface area contributed by atoms with Crippen LogP contribution in [-0.2, 0) is 4.79 Å². The highest BCUT2D eigenvalue weighted by molar-refractivity contribution is 8.19. The first-order chi connectivity index (χ1) is 15.1. The second-order valence-electron chi connectivity index (χ2n) is 6.78. The van der Waals surface area contributed by atoms with Gasteiger partial charge in [0.05, 0.1) is 11.3 Å².